The lowest BCUT2D eigenvalue weighted by molar-refractivity contribution is 0.649. The quantitative estimate of drug-likeness (QED) is 0.250. The summed E-state index contributed by atoms with van der Waals surface area (Å²) < 4.78 is 2.40. The zero-order valence-electron chi connectivity index (χ0n) is 25.9. The Kier molecular flexibility index (Phi) is 5.48. The van der Waals surface area contributed by atoms with Gasteiger partial charge in [0.15, 0.2) is 0 Å². The molecular weight excluding hydrogens is 446 g/mol. The van der Waals surface area contributed by atoms with E-state index in [2.05, 4.69) is 109 Å². The number of nitrogens with zero attached hydrogens (tertiary/aromatic N) is 1. The molecule has 0 amide bonds. The van der Waals surface area contributed by atoms with Crippen LogP contribution in [0.15, 0.2) is 0 Å². The first-order valence-electron chi connectivity index (χ1n) is 13.9. The fraction of sp³-hybridized carbons (Fsp3) is 0.444. The van der Waals surface area contributed by atoms with E-state index in [4.69, 9.17) is 0 Å². The van der Waals surface area contributed by atoms with Gasteiger partial charge < -0.3 is 4.57 Å². The van der Waals surface area contributed by atoms with Gasteiger partial charge in [-0.3, -0.25) is 0 Å². The Balaban J connectivity index is 1.99. The summed E-state index contributed by atoms with van der Waals surface area (Å²) >= 11 is 0. The van der Waals surface area contributed by atoms with Crippen LogP contribution in [0.25, 0.3) is 33.2 Å². The molecule has 0 radical (unpaired) electrons. The average molecular weight is 492 g/mol. The number of fused-ring (bicyclic) bond motifs is 4. The highest BCUT2D eigenvalue weighted by Crippen LogP contribution is 2.57. The maximum atomic E-state index is 2.46. The van der Waals surface area contributed by atoms with Gasteiger partial charge in [-0.15, -0.1) is 0 Å². The van der Waals surface area contributed by atoms with Crippen molar-refractivity contribution in [3.05, 3.63) is 78.0 Å². The molecule has 0 aliphatic heterocycles. The molecule has 1 heteroatoms. The minimum atomic E-state index is -0.0323. The van der Waals surface area contributed by atoms with Crippen LogP contribution in [-0.2, 0) is 12.5 Å². The summed E-state index contributed by atoms with van der Waals surface area (Å²) in [6.07, 6.45) is 0. The number of aryl methyl sites for hydroxylation is 4. The lowest BCUT2D eigenvalue weighted by Crippen LogP contribution is -2.19. The molecule has 4 aromatic rings. The minimum Gasteiger partial charge on any atom is -0.347 e. The van der Waals surface area contributed by atoms with Crippen molar-refractivity contribution in [3.63, 3.8) is 0 Å². The molecule has 194 valence electrons. The molecule has 0 saturated carbocycles. The van der Waals surface area contributed by atoms with E-state index in [0.29, 0.717) is 0 Å². The summed E-state index contributed by atoms with van der Waals surface area (Å²) in [5.41, 5.74) is 27.6. The van der Waals surface area contributed by atoms with Crippen LogP contribution in [0.2, 0.25) is 0 Å². The summed E-state index contributed by atoms with van der Waals surface area (Å²) in [7, 11) is 2.22. The van der Waals surface area contributed by atoms with Gasteiger partial charge in [-0.1, -0.05) is 13.8 Å². The summed E-state index contributed by atoms with van der Waals surface area (Å²) in [6.45, 7) is 33.0. The molecular formula is C36H45N. The van der Waals surface area contributed by atoms with Gasteiger partial charge in [0.2, 0.25) is 0 Å². The monoisotopic (exact) mass is 491 g/mol. The van der Waals surface area contributed by atoms with E-state index < -0.39 is 0 Å². The molecule has 1 aliphatic carbocycles. The van der Waals surface area contributed by atoms with Crippen LogP contribution >= 0.6 is 0 Å². The number of hydrogen-bond acceptors (Lipinski definition) is 0. The van der Waals surface area contributed by atoms with E-state index in [9.17, 15) is 0 Å². The number of rotatable bonds is 1. The fourth-order valence-corrected chi connectivity index (χ4v) is 8.15. The average Bonchev–Trinajstić information content (AvgIpc) is 3.22. The molecule has 0 bridgehead atoms. The van der Waals surface area contributed by atoms with Crippen LogP contribution < -0.4 is 0 Å². The van der Waals surface area contributed by atoms with Crippen LogP contribution in [-0.4, -0.2) is 4.57 Å². The second kappa shape index (κ2) is 7.85. The number of hydrogen-bond donors (Lipinski definition) is 0. The van der Waals surface area contributed by atoms with Crippen molar-refractivity contribution in [2.45, 2.75) is 102 Å². The molecule has 5 rings (SSSR count). The molecule has 0 unspecified atom stereocenters. The highest BCUT2D eigenvalue weighted by molar-refractivity contribution is 6.00. The zero-order valence-corrected chi connectivity index (χ0v) is 25.9. The third kappa shape index (κ3) is 2.92. The van der Waals surface area contributed by atoms with E-state index in [0.717, 1.165) is 0 Å². The first-order valence-corrected chi connectivity index (χ1v) is 13.9. The topological polar surface area (TPSA) is 4.93 Å². The van der Waals surface area contributed by atoms with Crippen LogP contribution in [0.1, 0.15) is 91.9 Å². The van der Waals surface area contributed by atoms with Crippen molar-refractivity contribution in [2.75, 3.05) is 0 Å². The van der Waals surface area contributed by atoms with Gasteiger partial charge in [-0.2, -0.15) is 0 Å². The van der Waals surface area contributed by atoms with Crippen molar-refractivity contribution in [1.82, 2.24) is 4.57 Å². The summed E-state index contributed by atoms with van der Waals surface area (Å²) in [5, 5.41) is 1.44. The Labute approximate surface area is 224 Å². The first-order chi connectivity index (χ1) is 17.1. The normalized spacial score (nSPS) is 14.0. The molecule has 0 spiro atoms. The maximum Gasteiger partial charge on any atom is 0.0518 e. The van der Waals surface area contributed by atoms with Crippen LogP contribution in [0.4, 0.5) is 0 Å². The Morgan fingerprint density at radius 3 is 1.38 bits per heavy atom. The minimum absolute atomic E-state index is 0.0323. The number of aromatic nitrogens is 1. The van der Waals surface area contributed by atoms with E-state index in [1.165, 1.54) is 106 Å². The molecule has 0 saturated heterocycles. The largest absolute Gasteiger partial charge is 0.347 e. The van der Waals surface area contributed by atoms with Crippen molar-refractivity contribution in [1.29, 1.82) is 0 Å². The fourth-order valence-electron chi connectivity index (χ4n) is 8.15. The lowest BCUT2D eigenvalue weighted by atomic mass is 9.74. The summed E-state index contributed by atoms with van der Waals surface area (Å²) in [5.74, 6) is 0. The smallest absolute Gasteiger partial charge is 0.0518 e. The molecule has 0 fully saturated rings. The van der Waals surface area contributed by atoms with Crippen molar-refractivity contribution in [2.24, 2.45) is 7.05 Å². The Morgan fingerprint density at radius 2 is 0.811 bits per heavy atom. The van der Waals surface area contributed by atoms with Crippen molar-refractivity contribution < 1.29 is 0 Å². The highest BCUT2D eigenvalue weighted by atomic mass is 14.9. The van der Waals surface area contributed by atoms with Crippen LogP contribution in [0.5, 0.6) is 0 Å². The second-order valence-corrected chi connectivity index (χ2v) is 12.6. The molecule has 3 aromatic carbocycles. The SMILES string of the molecule is Cc1c(C)c(C)c2c(c1C)-c1c(C)c(C)c(-c3c(C)c(C)c4c(c3C)c(C)c(C)n4C)c(C)c1C2(C)C. The first kappa shape index (κ1) is 25.8. The molecule has 0 atom stereocenters. The summed E-state index contributed by atoms with van der Waals surface area (Å²) in [4.78, 5) is 0. The maximum absolute atomic E-state index is 2.46. The third-order valence-corrected chi connectivity index (χ3v) is 10.8. The Morgan fingerprint density at radius 1 is 0.405 bits per heavy atom. The van der Waals surface area contributed by atoms with Crippen LogP contribution in [0.3, 0.4) is 0 Å². The van der Waals surface area contributed by atoms with E-state index in [-0.39, 0.29) is 5.41 Å². The van der Waals surface area contributed by atoms with Gasteiger partial charge in [0.1, 0.15) is 0 Å². The molecule has 0 N–H and O–H groups in total. The third-order valence-electron chi connectivity index (χ3n) is 10.8. The van der Waals surface area contributed by atoms with Gasteiger partial charge in [0, 0.05) is 23.5 Å². The second-order valence-electron chi connectivity index (χ2n) is 12.6. The van der Waals surface area contributed by atoms with Gasteiger partial charge >= 0.3 is 0 Å². The van der Waals surface area contributed by atoms with E-state index in [1.54, 1.807) is 5.56 Å². The Bertz CT molecular complexity index is 1700. The highest BCUT2D eigenvalue weighted by Gasteiger charge is 2.42. The zero-order chi connectivity index (χ0) is 27.6. The summed E-state index contributed by atoms with van der Waals surface area (Å²) in [6, 6.07) is 0. The van der Waals surface area contributed by atoms with Crippen molar-refractivity contribution in [3.8, 4) is 22.3 Å². The lowest BCUT2D eigenvalue weighted by Gasteiger charge is -2.29. The Hall–Kier alpha value is -2.80. The molecule has 1 aromatic heterocycles. The molecule has 1 nitrogen and oxygen atoms in total. The van der Waals surface area contributed by atoms with Gasteiger partial charge in [0.05, 0.1) is 5.52 Å². The predicted molar refractivity (Wildman–Crippen MR) is 163 cm³/mol. The molecule has 1 aliphatic rings. The van der Waals surface area contributed by atoms with Gasteiger partial charge in [-0.05, 0) is 178 Å². The number of benzene rings is 3. The van der Waals surface area contributed by atoms with E-state index >= 15 is 0 Å². The molecule has 1 heterocycles. The van der Waals surface area contributed by atoms with E-state index in [1.807, 2.05) is 0 Å². The molecule has 37 heavy (non-hydrogen) atoms. The van der Waals surface area contributed by atoms with Gasteiger partial charge in [0.25, 0.3) is 0 Å². The predicted octanol–water partition coefficient (Wildman–Crippen LogP) is 9.85. The van der Waals surface area contributed by atoms with Crippen LogP contribution in [0, 0.1) is 83.1 Å². The van der Waals surface area contributed by atoms with Gasteiger partial charge in [-0.25, -0.2) is 0 Å². The van der Waals surface area contributed by atoms with Crippen molar-refractivity contribution >= 4 is 10.9 Å². The standard InChI is InChI=1S/C36H45N/c1-16-17(2)22(7)33-31(18(16)3)32-20(5)19(4)29(26(11)34(32)36(33,13)14)28-21(6)23(8)35-30(25(28)10)24(9)27(12)37(35)15/h1-15H3.